The number of nitrogens with zero attached hydrogens (tertiary/aromatic N) is 1. The minimum Gasteiger partial charge on any atom is -0.726 e. The van der Waals surface area contributed by atoms with Crippen molar-refractivity contribution in [3.8, 4) is 0 Å². The van der Waals surface area contributed by atoms with Gasteiger partial charge in [-0.05, 0) is 25.3 Å². The molecule has 25 heavy (non-hydrogen) atoms. The summed E-state index contributed by atoms with van der Waals surface area (Å²) in [5, 5.41) is 0. The summed E-state index contributed by atoms with van der Waals surface area (Å²) >= 11 is 1.33. The van der Waals surface area contributed by atoms with Crippen LogP contribution in [0.4, 0.5) is 0 Å². The number of ketones is 1. The number of carbonyl (C=O) groups is 1. The Kier molecular flexibility index (Phi) is 19.9. The Morgan fingerprint density at radius 2 is 1.52 bits per heavy atom. The quantitative estimate of drug-likeness (QED) is 0.159. The molecule has 0 fully saturated rings. The van der Waals surface area contributed by atoms with Crippen LogP contribution < -0.4 is 29.6 Å². The second-order valence-electron chi connectivity index (χ2n) is 5.79. The van der Waals surface area contributed by atoms with Crippen LogP contribution in [0.5, 0.6) is 0 Å². The van der Waals surface area contributed by atoms with Gasteiger partial charge in [-0.15, -0.1) is 0 Å². The number of hydrogen-bond donors (Lipinski definition) is 0. The Hall–Kier alpha value is 0.560. The standard InChI is InChI=1S/C12H26O4S.C4H5NOS.Na/c1-2-3-4-5-6-7-8-9-10-11-12-16-17(13,14)15;1-3-4(6)2-7-5-3;/h2-12H2,1H3,(H,13,14,15);2H2,1H3;/q;;+1/p-1. The second kappa shape index (κ2) is 17.9. The van der Waals surface area contributed by atoms with Gasteiger partial charge in [0.05, 0.1) is 18.1 Å². The van der Waals surface area contributed by atoms with Crippen LogP contribution in [0.2, 0.25) is 0 Å². The van der Waals surface area contributed by atoms with Crippen molar-refractivity contribution in [3.63, 3.8) is 0 Å². The number of Topliss-reactive ketones (excluding diaryl/α,β-unsaturated/α-hetero) is 1. The minimum absolute atomic E-state index is 0. The van der Waals surface area contributed by atoms with E-state index in [-0.39, 0.29) is 41.9 Å². The van der Waals surface area contributed by atoms with Crippen molar-refractivity contribution < 1.29 is 51.5 Å². The third kappa shape index (κ3) is 20.7. The Morgan fingerprint density at radius 3 is 1.84 bits per heavy atom. The first-order valence-corrected chi connectivity index (χ1v) is 10.9. The smallest absolute Gasteiger partial charge is 0.726 e. The Balaban J connectivity index is 0. The maximum Gasteiger partial charge on any atom is 1.00 e. The van der Waals surface area contributed by atoms with E-state index in [0.29, 0.717) is 17.9 Å². The molecule has 0 N–H and O–H groups in total. The first kappa shape index (κ1) is 27.8. The Labute approximate surface area is 179 Å². The van der Waals surface area contributed by atoms with Crippen LogP contribution in [-0.4, -0.2) is 36.8 Å². The molecule has 0 amide bonds. The van der Waals surface area contributed by atoms with Gasteiger partial charge in [0.2, 0.25) is 10.4 Å². The number of hydrogen-bond acceptors (Lipinski definition) is 7. The minimum atomic E-state index is -4.48. The zero-order valence-electron chi connectivity index (χ0n) is 15.8. The molecule has 6 nitrogen and oxygen atoms in total. The van der Waals surface area contributed by atoms with Gasteiger partial charge in [0.1, 0.15) is 0 Å². The molecule has 0 saturated carbocycles. The van der Waals surface area contributed by atoms with Crippen LogP contribution in [0.15, 0.2) is 4.40 Å². The van der Waals surface area contributed by atoms with Crippen LogP contribution in [0.3, 0.4) is 0 Å². The summed E-state index contributed by atoms with van der Waals surface area (Å²) < 4.78 is 38.3. The molecule has 1 aliphatic rings. The molecular formula is C16H30NNaO5S2. The van der Waals surface area contributed by atoms with E-state index in [4.69, 9.17) is 0 Å². The monoisotopic (exact) mass is 403 g/mol. The Morgan fingerprint density at radius 1 is 1.04 bits per heavy atom. The van der Waals surface area contributed by atoms with Crippen molar-refractivity contribution in [2.45, 2.75) is 78.1 Å². The van der Waals surface area contributed by atoms with Gasteiger partial charge in [0, 0.05) is 0 Å². The molecule has 1 heterocycles. The fourth-order valence-electron chi connectivity index (χ4n) is 2.09. The summed E-state index contributed by atoms with van der Waals surface area (Å²) in [7, 11) is -4.48. The van der Waals surface area contributed by atoms with E-state index >= 15 is 0 Å². The molecule has 0 spiro atoms. The summed E-state index contributed by atoms with van der Waals surface area (Å²) in [6.07, 6.45) is 11.7. The zero-order valence-corrected chi connectivity index (χ0v) is 19.4. The first-order valence-electron chi connectivity index (χ1n) is 8.66. The van der Waals surface area contributed by atoms with Crippen molar-refractivity contribution in [1.29, 1.82) is 0 Å². The normalized spacial score (nSPS) is 13.7. The molecule has 0 aliphatic carbocycles. The maximum absolute atomic E-state index is 10.4. The maximum atomic E-state index is 10.4. The largest absolute Gasteiger partial charge is 1.00 e. The topological polar surface area (TPSA) is 95.9 Å². The van der Waals surface area contributed by atoms with E-state index in [1.807, 2.05) is 0 Å². The van der Waals surface area contributed by atoms with Gasteiger partial charge in [0.25, 0.3) is 0 Å². The predicted octanol–water partition coefficient (Wildman–Crippen LogP) is 1.07. The predicted molar refractivity (Wildman–Crippen MR) is 98.1 cm³/mol. The summed E-state index contributed by atoms with van der Waals surface area (Å²) in [4.78, 5) is 10.4. The molecule has 0 bridgehead atoms. The van der Waals surface area contributed by atoms with E-state index in [9.17, 15) is 17.8 Å². The second-order valence-corrected chi connectivity index (χ2v) is 7.57. The van der Waals surface area contributed by atoms with Crippen molar-refractivity contribution in [2.75, 3.05) is 12.4 Å². The van der Waals surface area contributed by atoms with Crippen molar-refractivity contribution in [2.24, 2.45) is 4.40 Å². The SMILES string of the molecule is CC1=NSCC1=O.CCCCCCCCCCCCOS(=O)(=O)[O-].[Na+]. The molecule has 9 heteroatoms. The van der Waals surface area contributed by atoms with Gasteiger partial charge in [0.15, 0.2) is 5.78 Å². The number of rotatable bonds is 12. The number of carbonyl (C=O) groups excluding carboxylic acids is 1. The van der Waals surface area contributed by atoms with Crippen LogP contribution in [0.1, 0.15) is 78.1 Å². The first-order chi connectivity index (χ1) is 11.4. The summed E-state index contributed by atoms with van der Waals surface area (Å²) in [5.74, 6) is 0.719. The third-order valence-electron chi connectivity index (χ3n) is 3.53. The molecule has 0 unspecified atom stereocenters. The van der Waals surface area contributed by atoms with Gasteiger partial charge in [-0.3, -0.25) is 8.98 Å². The van der Waals surface area contributed by atoms with Gasteiger partial charge in [-0.25, -0.2) is 12.8 Å². The Bertz CT molecular complexity index is 469. The van der Waals surface area contributed by atoms with Crippen molar-refractivity contribution in [1.82, 2.24) is 0 Å². The van der Waals surface area contributed by atoms with Crippen molar-refractivity contribution in [3.05, 3.63) is 0 Å². The summed E-state index contributed by atoms with van der Waals surface area (Å²) in [5.41, 5.74) is 0.657. The molecule has 1 aliphatic heterocycles. The van der Waals surface area contributed by atoms with E-state index in [2.05, 4.69) is 15.5 Å². The van der Waals surface area contributed by atoms with Gasteiger partial charge >= 0.3 is 29.6 Å². The molecule has 0 saturated heterocycles. The molecule has 1 rings (SSSR count). The van der Waals surface area contributed by atoms with E-state index in [1.54, 1.807) is 6.92 Å². The van der Waals surface area contributed by atoms with Gasteiger partial charge < -0.3 is 4.55 Å². The van der Waals surface area contributed by atoms with E-state index in [0.717, 1.165) is 12.8 Å². The molecule has 0 aromatic carbocycles. The zero-order chi connectivity index (χ0) is 18.3. The van der Waals surface area contributed by atoms with E-state index < -0.39 is 10.4 Å². The average molecular weight is 404 g/mol. The molecule has 0 radical (unpaired) electrons. The molecular weight excluding hydrogens is 373 g/mol. The fourth-order valence-corrected chi connectivity index (χ4v) is 3.10. The van der Waals surface area contributed by atoms with Gasteiger partial charge in [-0.2, -0.15) is 0 Å². The van der Waals surface area contributed by atoms with E-state index in [1.165, 1.54) is 56.9 Å². The van der Waals surface area contributed by atoms with Crippen LogP contribution in [-0.2, 0) is 19.4 Å². The number of unbranched alkanes of at least 4 members (excludes halogenated alkanes) is 9. The van der Waals surface area contributed by atoms with Crippen LogP contribution in [0, 0.1) is 0 Å². The summed E-state index contributed by atoms with van der Waals surface area (Å²) in [6.45, 7) is 3.98. The summed E-state index contributed by atoms with van der Waals surface area (Å²) in [6, 6.07) is 0. The molecule has 0 aromatic rings. The fraction of sp³-hybridized carbons (Fsp3) is 0.875. The molecule has 0 aromatic heterocycles. The molecule has 142 valence electrons. The third-order valence-corrected chi connectivity index (χ3v) is 4.78. The van der Waals surface area contributed by atoms with Gasteiger partial charge in [-0.1, -0.05) is 64.7 Å². The van der Waals surface area contributed by atoms with Crippen LogP contribution in [0.25, 0.3) is 0 Å². The molecule has 0 atom stereocenters. The van der Waals surface area contributed by atoms with Crippen LogP contribution >= 0.6 is 11.9 Å². The van der Waals surface area contributed by atoms with Crippen molar-refractivity contribution >= 4 is 33.8 Å². The average Bonchev–Trinajstić information content (AvgIpc) is 2.88.